The number of hydrogen-bond acceptors (Lipinski definition) is 2. The zero-order valence-corrected chi connectivity index (χ0v) is 9.83. The maximum atomic E-state index is 13.6. The molecule has 0 saturated heterocycles. The summed E-state index contributed by atoms with van der Waals surface area (Å²) in [5, 5.41) is 9.95. The molecule has 0 saturated carbocycles. The molecule has 0 bridgehead atoms. The number of ether oxygens (including phenoxy) is 1. The Balaban J connectivity index is 2.59. The number of methoxy groups -OCH3 is 1. The lowest BCUT2D eigenvalue weighted by Crippen LogP contribution is -1.87. The van der Waals surface area contributed by atoms with Crippen molar-refractivity contribution in [2.45, 2.75) is 0 Å². The van der Waals surface area contributed by atoms with Gasteiger partial charge < -0.3 is 9.84 Å². The van der Waals surface area contributed by atoms with Gasteiger partial charge in [-0.25, -0.2) is 4.39 Å². The van der Waals surface area contributed by atoms with E-state index in [0.717, 1.165) is 0 Å². The van der Waals surface area contributed by atoms with E-state index in [0.29, 0.717) is 21.9 Å². The zero-order chi connectivity index (χ0) is 12.4. The normalized spacial score (nSPS) is 10.3. The fourth-order valence-corrected chi connectivity index (χ4v) is 1.75. The standard InChI is InChI=1S/C13H10ClFO2/c1-17-11-5-8(4-10(16)7-11)12-6-9(14)2-3-13(12)15/h2-7,16H,1H3. The van der Waals surface area contributed by atoms with Crippen molar-refractivity contribution in [3.8, 4) is 22.6 Å². The highest BCUT2D eigenvalue weighted by atomic mass is 35.5. The van der Waals surface area contributed by atoms with Gasteiger partial charge in [-0.3, -0.25) is 0 Å². The molecule has 88 valence electrons. The van der Waals surface area contributed by atoms with Crippen LogP contribution in [0.25, 0.3) is 11.1 Å². The van der Waals surface area contributed by atoms with Crippen LogP contribution in [0.4, 0.5) is 4.39 Å². The third-order valence-corrected chi connectivity index (χ3v) is 2.60. The predicted octanol–water partition coefficient (Wildman–Crippen LogP) is 3.86. The molecule has 0 radical (unpaired) electrons. The molecule has 0 aromatic heterocycles. The first-order valence-electron chi connectivity index (χ1n) is 4.93. The van der Waals surface area contributed by atoms with Crippen molar-refractivity contribution in [2.24, 2.45) is 0 Å². The van der Waals surface area contributed by atoms with Gasteiger partial charge in [-0.2, -0.15) is 0 Å². The Morgan fingerprint density at radius 1 is 1.18 bits per heavy atom. The summed E-state index contributed by atoms with van der Waals surface area (Å²) in [6, 6.07) is 8.80. The van der Waals surface area contributed by atoms with Crippen molar-refractivity contribution in [1.29, 1.82) is 0 Å². The number of hydrogen-bond donors (Lipinski definition) is 1. The van der Waals surface area contributed by atoms with Gasteiger partial charge in [0.15, 0.2) is 0 Å². The van der Waals surface area contributed by atoms with Gasteiger partial charge in [-0.1, -0.05) is 11.6 Å². The molecular weight excluding hydrogens is 243 g/mol. The van der Waals surface area contributed by atoms with Gasteiger partial charge in [0, 0.05) is 16.7 Å². The minimum absolute atomic E-state index is 0.0127. The number of aromatic hydroxyl groups is 1. The van der Waals surface area contributed by atoms with Crippen molar-refractivity contribution in [3.05, 3.63) is 47.2 Å². The first kappa shape index (κ1) is 11.7. The third-order valence-electron chi connectivity index (χ3n) is 2.37. The van der Waals surface area contributed by atoms with Crippen LogP contribution in [0, 0.1) is 5.82 Å². The van der Waals surface area contributed by atoms with E-state index in [1.165, 1.54) is 37.4 Å². The largest absolute Gasteiger partial charge is 0.508 e. The molecule has 0 atom stereocenters. The Hall–Kier alpha value is -1.74. The topological polar surface area (TPSA) is 29.5 Å². The molecular formula is C13H10ClFO2. The van der Waals surface area contributed by atoms with E-state index in [1.54, 1.807) is 6.07 Å². The van der Waals surface area contributed by atoms with E-state index >= 15 is 0 Å². The molecule has 0 spiro atoms. The molecule has 2 rings (SSSR count). The minimum Gasteiger partial charge on any atom is -0.508 e. The summed E-state index contributed by atoms with van der Waals surface area (Å²) in [5.41, 5.74) is 0.841. The lowest BCUT2D eigenvalue weighted by atomic mass is 10.0. The van der Waals surface area contributed by atoms with Crippen LogP contribution in [-0.4, -0.2) is 12.2 Å². The Bertz CT molecular complexity index is 555. The van der Waals surface area contributed by atoms with Gasteiger partial charge in [0.1, 0.15) is 17.3 Å². The summed E-state index contributed by atoms with van der Waals surface area (Å²) in [5.74, 6) is 0.0696. The SMILES string of the molecule is COc1cc(O)cc(-c2cc(Cl)ccc2F)c1. The van der Waals surface area contributed by atoms with Crippen molar-refractivity contribution in [1.82, 2.24) is 0 Å². The van der Waals surface area contributed by atoms with Gasteiger partial charge >= 0.3 is 0 Å². The molecule has 0 aliphatic carbocycles. The second-order valence-corrected chi connectivity index (χ2v) is 3.98. The van der Waals surface area contributed by atoms with Crippen molar-refractivity contribution >= 4 is 11.6 Å². The predicted molar refractivity (Wildman–Crippen MR) is 65.1 cm³/mol. The molecule has 2 aromatic carbocycles. The lowest BCUT2D eigenvalue weighted by molar-refractivity contribution is 0.408. The fraction of sp³-hybridized carbons (Fsp3) is 0.0769. The first-order valence-corrected chi connectivity index (χ1v) is 5.31. The monoisotopic (exact) mass is 252 g/mol. The second-order valence-electron chi connectivity index (χ2n) is 3.54. The lowest BCUT2D eigenvalue weighted by Gasteiger charge is -2.07. The van der Waals surface area contributed by atoms with Crippen LogP contribution in [0.15, 0.2) is 36.4 Å². The third kappa shape index (κ3) is 2.50. The molecule has 2 aromatic rings. The summed E-state index contributed by atoms with van der Waals surface area (Å²) in [6.45, 7) is 0. The summed E-state index contributed by atoms with van der Waals surface area (Å²) < 4.78 is 18.7. The number of benzene rings is 2. The van der Waals surface area contributed by atoms with E-state index in [9.17, 15) is 9.50 Å². The number of phenols is 1. The molecule has 0 heterocycles. The maximum Gasteiger partial charge on any atom is 0.131 e. The van der Waals surface area contributed by atoms with Crippen LogP contribution < -0.4 is 4.74 Å². The number of phenolic OH excluding ortho intramolecular Hbond substituents is 1. The molecule has 0 fully saturated rings. The van der Waals surface area contributed by atoms with E-state index in [-0.39, 0.29) is 5.75 Å². The number of halogens is 2. The van der Waals surface area contributed by atoms with Crippen molar-refractivity contribution < 1.29 is 14.2 Å². The van der Waals surface area contributed by atoms with Gasteiger partial charge in [-0.05, 0) is 35.9 Å². The Morgan fingerprint density at radius 3 is 2.65 bits per heavy atom. The molecule has 4 heteroatoms. The molecule has 0 unspecified atom stereocenters. The van der Waals surface area contributed by atoms with Gasteiger partial charge in [0.25, 0.3) is 0 Å². The van der Waals surface area contributed by atoms with E-state index in [1.807, 2.05) is 0 Å². The molecule has 0 amide bonds. The van der Waals surface area contributed by atoms with Crippen molar-refractivity contribution in [3.63, 3.8) is 0 Å². The quantitative estimate of drug-likeness (QED) is 0.879. The highest BCUT2D eigenvalue weighted by Gasteiger charge is 2.08. The van der Waals surface area contributed by atoms with Crippen LogP contribution in [0.2, 0.25) is 5.02 Å². The Morgan fingerprint density at radius 2 is 1.94 bits per heavy atom. The average molecular weight is 253 g/mol. The second kappa shape index (κ2) is 4.63. The summed E-state index contributed by atoms with van der Waals surface area (Å²) in [7, 11) is 1.48. The zero-order valence-electron chi connectivity index (χ0n) is 9.08. The molecule has 17 heavy (non-hydrogen) atoms. The van der Waals surface area contributed by atoms with Crippen molar-refractivity contribution in [2.75, 3.05) is 7.11 Å². The first-order chi connectivity index (χ1) is 8.10. The highest BCUT2D eigenvalue weighted by Crippen LogP contribution is 2.32. The Kier molecular flexibility index (Phi) is 3.20. The summed E-state index contributed by atoms with van der Waals surface area (Å²) in [4.78, 5) is 0. The Labute approximate surface area is 103 Å². The number of rotatable bonds is 2. The highest BCUT2D eigenvalue weighted by molar-refractivity contribution is 6.30. The van der Waals surface area contributed by atoms with Crippen LogP contribution >= 0.6 is 11.6 Å². The smallest absolute Gasteiger partial charge is 0.131 e. The maximum absolute atomic E-state index is 13.6. The molecule has 0 aliphatic heterocycles. The summed E-state index contributed by atoms with van der Waals surface area (Å²) >= 11 is 5.82. The van der Waals surface area contributed by atoms with Gasteiger partial charge in [-0.15, -0.1) is 0 Å². The van der Waals surface area contributed by atoms with Crippen LogP contribution in [0.5, 0.6) is 11.5 Å². The minimum atomic E-state index is -0.401. The molecule has 2 nitrogen and oxygen atoms in total. The molecule has 0 aliphatic rings. The average Bonchev–Trinajstić information content (AvgIpc) is 2.31. The van der Waals surface area contributed by atoms with E-state index < -0.39 is 5.82 Å². The molecule has 1 N–H and O–H groups in total. The van der Waals surface area contributed by atoms with Gasteiger partial charge in [0.2, 0.25) is 0 Å². The van der Waals surface area contributed by atoms with Crippen LogP contribution in [0.3, 0.4) is 0 Å². The summed E-state index contributed by atoms with van der Waals surface area (Å²) in [6.07, 6.45) is 0. The van der Waals surface area contributed by atoms with Crippen LogP contribution in [0.1, 0.15) is 0 Å². The van der Waals surface area contributed by atoms with E-state index in [2.05, 4.69) is 0 Å². The van der Waals surface area contributed by atoms with E-state index in [4.69, 9.17) is 16.3 Å². The van der Waals surface area contributed by atoms with Gasteiger partial charge in [0.05, 0.1) is 7.11 Å². The van der Waals surface area contributed by atoms with Crippen LogP contribution in [-0.2, 0) is 0 Å². The fourth-order valence-electron chi connectivity index (χ4n) is 1.58.